The summed E-state index contributed by atoms with van der Waals surface area (Å²) in [6, 6.07) is 5.85. The molecular weight excluding hydrogens is 259 g/mol. The molecule has 1 saturated heterocycles. The summed E-state index contributed by atoms with van der Waals surface area (Å²) in [4.78, 5) is 25.6. The van der Waals surface area contributed by atoms with Gasteiger partial charge >= 0.3 is 0 Å². The second-order valence-electron chi connectivity index (χ2n) is 5.20. The van der Waals surface area contributed by atoms with Gasteiger partial charge in [-0.3, -0.25) is 9.59 Å². The fourth-order valence-corrected chi connectivity index (χ4v) is 2.22. The third kappa shape index (κ3) is 3.15. The van der Waals surface area contributed by atoms with Crippen LogP contribution in [0.5, 0.6) is 0 Å². The lowest BCUT2D eigenvalue weighted by Gasteiger charge is -2.18. The van der Waals surface area contributed by atoms with Gasteiger partial charge in [-0.25, -0.2) is 4.39 Å². The number of amides is 2. The van der Waals surface area contributed by atoms with E-state index in [2.05, 4.69) is 5.32 Å². The van der Waals surface area contributed by atoms with E-state index in [-0.39, 0.29) is 36.0 Å². The summed E-state index contributed by atoms with van der Waals surface area (Å²) < 4.78 is 12.9. The van der Waals surface area contributed by atoms with E-state index in [9.17, 15) is 14.0 Å². The van der Waals surface area contributed by atoms with Crippen molar-refractivity contribution in [3.05, 3.63) is 30.1 Å². The first-order valence-electron chi connectivity index (χ1n) is 6.87. The molecule has 1 N–H and O–H groups in total. The molecule has 0 radical (unpaired) electrons. The number of hydrogen-bond donors (Lipinski definition) is 1. The number of carbonyl (C=O) groups is 2. The number of benzene rings is 1. The predicted molar refractivity (Wildman–Crippen MR) is 74.8 cm³/mol. The topological polar surface area (TPSA) is 49.4 Å². The fourth-order valence-electron chi connectivity index (χ4n) is 2.22. The molecule has 1 fully saturated rings. The Hall–Kier alpha value is -1.91. The van der Waals surface area contributed by atoms with Crippen LogP contribution in [0.3, 0.4) is 0 Å². The van der Waals surface area contributed by atoms with Crippen LogP contribution in [-0.4, -0.2) is 24.4 Å². The van der Waals surface area contributed by atoms with Crippen LogP contribution in [0, 0.1) is 11.7 Å². The Morgan fingerprint density at radius 1 is 1.45 bits per heavy atom. The van der Waals surface area contributed by atoms with Gasteiger partial charge in [-0.15, -0.1) is 0 Å². The van der Waals surface area contributed by atoms with E-state index in [1.807, 2.05) is 13.8 Å². The molecule has 1 aliphatic heterocycles. The van der Waals surface area contributed by atoms with Gasteiger partial charge in [0, 0.05) is 24.7 Å². The van der Waals surface area contributed by atoms with Crippen molar-refractivity contribution in [1.82, 2.24) is 5.32 Å². The predicted octanol–water partition coefficient (Wildman–Crippen LogP) is 2.09. The molecule has 0 aliphatic carbocycles. The highest BCUT2D eigenvalue weighted by Crippen LogP contribution is 2.25. The minimum atomic E-state index is -0.341. The molecule has 108 valence electrons. The molecule has 0 unspecified atom stereocenters. The molecule has 1 aromatic carbocycles. The van der Waals surface area contributed by atoms with Gasteiger partial charge in [0.15, 0.2) is 0 Å². The maximum atomic E-state index is 12.9. The normalized spacial score (nSPS) is 20.1. The summed E-state index contributed by atoms with van der Waals surface area (Å²) in [5, 5.41) is 2.90. The van der Waals surface area contributed by atoms with Crippen LogP contribution in [0.25, 0.3) is 0 Å². The Morgan fingerprint density at radius 3 is 2.70 bits per heavy atom. The molecule has 0 spiro atoms. The molecule has 1 aromatic rings. The zero-order chi connectivity index (χ0) is 14.7. The largest absolute Gasteiger partial charge is 0.353 e. The molecule has 4 nitrogen and oxygen atoms in total. The smallest absolute Gasteiger partial charge is 0.227 e. The Labute approximate surface area is 118 Å². The number of nitrogens with zero attached hydrogens (tertiary/aromatic N) is 1. The molecule has 20 heavy (non-hydrogen) atoms. The number of carbonyl (C=O) groups excluding carboxylic acids is 2. The molecule has 0 saturated carbocycles. The molecule has 2 atom stereocenters. The Bertz CT molecular complexity index is 501. The van der Waals surface area contributed by atoms with E-state index in [4.69, 9.17) is 0 Å². The van der Waals surface area contributed by atoms with Crippen LogP contribution >= 0.6 is 0 Å². The fraction of sp³-hybridized carbons (Fsp3) is 0.467. The van der Waals surface area contributed by atoms with Gasteiger partial charge in [0.25, 0.3) is 0 Å². The van der Waals surface area contributed by atoms with E-state index >= 15 is 0 Å². The summed E-state index contributed by atoms with van der Waals surface area (Å²) in [5.41, 5.74) is 0.634. The van der Waals surface area contributed by atoms with E-state index < -0.39 is 0 Å². The van der Waals surface area contributed by atoms with Gasteiger partial charge in [0.2, 0.25) is 11.8 Å². The SMILES string of the molecule is CC[C@H](C)NC(=O)[C@H]1CC(=O)N(c2ccc(F)cc2)C1. The van der Waals surface area contributed by atoms with Crippen molar-refractivity contribution in [3.8, 4) is 0 Å². The molecular formula is C15H19FN2O2. The van der Waals surface area contributed by atoms with Gasteiger partial charge in [0.05, 0.1) is 5.92 Å². The van der Waals surface area contributed by atoms with Gasteiger partial charge < -0.3 is 10.2 Å². The summed E-state index contributed by atoms with van der Waals surface area (Å²) in [5.74, 6) is -0.855. The number of nitrogens with one attached hydrogen (secondary N) is 1. The van der Waals surface area contributed by atoms with Crippen molar-refractivity contribution < 1.29 is 14.0 Å². The highest BCUT2D eigenvalue weighted by atomic mass is 19.1. The average molecular weight is 278 g/mol. The summed E-state index contributed by atoms with van der Waals surface area (Å²) in [6.07, 6.45) is 1.06. The molecule has 0 aromatic heterocycles. The van der Waals surface area contributed by atoms with Gasteiger partial charge in [0.1, 0.15) is 5.82 Å². The first-order valence-corrected chi connectivity index (χ1v) is 6.87. The Kier molecular flexibility index (Phi) is 4.37. The first kappa shape index (κ1) is 14.5. The van der Waals surface area contributed by atoms with Crippen LogP contribution < -0.4 is 10.2 Å². The second-order valence-corrected chi connectivity index (χ2v) is 5.20. The minimum Gasteiger partial charge on any atom is -0.353 e. The number of anilines is 1. The maximum absolute atomic E-state index is 12.9. The highest BCUT2D eigenvalue weighted by molar-refractivity contribution is 6.00. The molecule has 5 heteroatoms. The van der Waals surface area contributed by atoms with Crippen LogP contribution in [0.4, 0.5) is 10.1 Å². The molecule has 2 amide bonds. The van der Waals surface area contributed by atoms with Gasteiger partial charge in [-0.2, -0.15) is 0 Å². The third-order valence-electron chi connectivity index (χ3n) is 3.64. The van der Waals surface area contributed by atoms with Crippen LogP contribution in [0.2, 0.25) is 0 Å². The number of rotatable bonds is 4. The van der Waals surface area contributed by atoms with Crippen LogP contribution in [-0.2, 0) is 9.59 Å². The number of halogens is 1. The highest BCUT2D eigenvalue weighted by Gasteiger charge is 2.35. The third-order valence-corrected chi connectivity index (χ3v) is 3.64. The zero-order valence-electron chi connectivity index (χ0n) is 11.7. The lowest BCUT2D eigenvalue weighted by atomic mass is 10.1. The van der Waals surface area contributed by atoms with E-state index in [1.54, 1.807) is 17.0 Å². The van der Waals surface area contributed by atoms with Crippen molar-refractivity contribution in [1.29, 1.82) is 0 Å². The first-order chi connectivity index (χ1) is 9.51. The van der Waals surface area contributed by atoms with E-state index in [1.165, 1.54) is 12.1 Å². The van der Waals surface area contributed by atoms with E-state index in [0.29, 0.717) is 12.2 Å². The average Bonchev–Trinajstić information content (AvgIpc) is 2.81. The monoisotopic (exact) mass is 278 g/mol. The lowest BCUT2D eigenvalue weighted by Crippen LogP contribution is -2.38. The molecule has 2 rings (SSSR count). The van der Waals surface area contributed by atoms with E-state index in [0.717, 1.165) is 6.42 Å². The van der Waals surface area contributed by atoms with Crippen molar-refractivity contribution in [2.45, 2.75) is 32.7 Å². The molecule has 1 heterocycles. The zero-order valence-corrected chi connectivity index (χ0v) is 11.7. The summed E-state index contributed by atoms with van der Waals surface area (Å²) in [6.45, 7) is 4.29. The van der Waals surface area contributed by atoms with Crippen LogP contribution in [0.15, 0.2) is 24.3 Å². The van der Waals surface area contributed by atoms with Crippen molar-refractivity contribution in [3.63, 3.8) is 0 Å². The van der Waals surface area contributed by atoms with Crippen LogP contribution in [0.1, 0.15) is 26.7 Å². The minimum absolute atomic E-state index is 0.0858. The molecule has 0 bridgehead atoms. The summed E-state index contributed by atoms with van der Waals surface area (Å²) in [7, 11) is 0. The standard InChI is InChI=1S/C15H19FN2O2/c1-3-10(2)17-15(20)11-8-14(19)18(9-11)13-6-4-12(16)5-7-13/h4-7,10-11H,3,8-9H2,1-2H3,(H,17,20)/t10-,11-/m0/s1. The van der Waals surface area contributed by atoms with Gasteiger partial charge in [-0.1, -0.05) is 6.92 Å². The lowest BCUT2D eigenvalue weighted by molar-refractivity contribution is -0.126. The molecule has 1 aliphatic rings. The van der Waals surface area contributed by atoms with Crippen molar-refractivity contribution >= 4 is 17.5 Å². The quantitative estimate of drug-likeness (QED) is 0.917. The number of hydrogen-bond acceptors (Lipinski definition) is 2. The van der Waals surface area contributed by atoms with Crippen molar-refractivity contribution in [2.24, 2.45) is 5.92 Å². The summed E-state index contributed by atoms with van der Waals surface area (Å²) >= 11 is 0. The Balaban J connectivity index is 2.03. The van der Waals surface area contributed by atoms with Gasteiger partial charge in [-0.05, 0) is 37.6 Å². The maximum Gasteiger partial charge on any atom is 0.227 e. The Morgan fingerprint density at radius 2 is 2.10 bits per heavy atom. The second kappa shape index (κ2) is 6.03. The van der Waals surface area contributed by atoms with Crippen molar-refractivity contribution in [2.75, 3.05) is 11.4 Å².